The highest BCUT2D eigenvalue weighted by atomic mass is 16.6. The molecule has 1 saturated heterocycles. The molecule has 2 amide bonds. The van der Waals surface area contributed by atoms with Crippen molar-refractivity contribution >= 4 is 12.0 Å². The van der Waals surface area contributed by atoms with Crippen LogP contribution in [0.25, 0.3) is 0 Å². The Bertz CT molecular complexity index is 513. The average molecular weight is 293 g/mol. The van der Waals surface area contributed by atoms with E-state index in [1.54, 1.807) is 34.9 Å². The molecule has 7 heteroatoms. The predicted octanol–water partition coefficient (Wildman–Crippen LogP) is 1.00. The van der Waals surface area contributed by atoms with Crippen molar-refractivity contribution in [1.82, 2.24) is 14.8 Å². The number of piperazine rings is 1. The third kappa shape index (κ3) is 3.62. The number of hydrogen-bond donors (Lipinski definition) is 0. The van der Waals surface area contributed by atoms with Gasteiger partial charge < -0.3 is 19.3 Å². The van der Waals surface area contributed by atoms with Gasteiger partial charge in [-0.25, -0.2) is 9.78 Å². The summed E-state index contributed by atoms with van der Waals surface area (Å²) in [4.78, 5) is 31.4. The number of rotatable bonds is 3. The predicted molar refractivity (Wildman–Crippen MR) is 75.3 cm³/mol. The summed E-state index contributed by atoms with van der Waals surface area (Å²) in [5.41, 5.74) is 0.346. The van der Waals surface area contributed by atoms with E-state index in [1.165, 1.54) is 7.11 Å². The molecule has 0 aromatic carbocycles. The molecule has 0 unspecified atom stereocenters. The molecule has 1 aromatic rings. The fraction of sp³-hybridized carbons (Fsp3) is 0.500. The number of hydrogen-bond acceptors (Lipinski definition) is 5. The maximum Gasteiger partial charge on any atom is 0.409 e. The first kappa shape index (κ1) is 15.1. The lowest BCUT2D eigenvalue weighted by atomic mass is 10.2. The second-order valence-electron chi connectivity index (χ2n) is 4.54. The minimum atomic E-state index is -0.330. The summed E-state index contributed by atoms with van der Waals surface area (Å²) in [6.45, 7) is 3.99. The highest BCUT2D eigenvalue weighted by Gasteiger charge is 2.26. The summed E-state index contributed by atoms with van der Waals surface area (Å²) in [7, 11) is 1.51. The molecule has 0 bridgehead atoms. The zero-order chi connectivity index (χ0) is 15.2. The van der Waals surface area contributed by atoms with Crippen LogP contribution in [-0.2, 0) is 4.74 Å². The van der Waals surface area contributed by atoms with Crippen LogP contribution in [0.15, 0.2) is 18.2 Å². The van der Waals surface area contributed by atoms with Crippen molar-refractivity contribution in [1.29, 1.82) is 0 Å². The fourth-order valence-corrected chi connectivity index (χ4v) is 2.12. The van der Waals surface area contributed by atoms with Gasteiger partial charge in [0.1, 0.15) is 5.69 Å². The molecular weight excluding hydrogens is 274 g/mol. The highest BCUT2D eigenvalue weighted by Crippen LogP contribution is 2.11. The van der Waals surface area contributed by atoms with Gasteiger partial charge in [-0.05, 0) is 13.0 Å². The van der Waals surface area contributed by atoms with Crippen molar-refractivity contribution < 1.29 is 19.1 Å². The molecule has 1 fully saturated rings. The second kappa shape index (κ2) is 6.92. The van der Waals surface area contributed by atoms with Crippen molar-refractivity contribution in [3.05, 3.63) is 23.9 Å². The molecule has 0 saturated carbocycles. The van der Waals surface area contributed by atoms with E-state index >= 15 is 0 Å². The molecule has 7 nitrogen and oxygen atoms in total. The molecule has 1 aromatic heterocycles. The van der Waals surface area contributed by atoms with E-state index in [0.29, 0.717) is 44.4 Å². The molecule has 0 radical (unpaired) electrons. The standard InChI is InChI=1S/C14H19N3O4/c1-3-21-14(19)17-9-7-16(8-10-17)13(18)11-5-4-6-12(15-11)20-2/h4-6H,3,7-10H2,1-2H3. The molecule has 2 heterocycles. The summed E-state index contributed by atoms with van der Waals surface area (Å²) in [6.07, 6.45) is -0.330. The monoisotopic (exact) mass is 293 g/mol. The number of nitrogens with zero attached hydrogens (tertiary/aromatic N) is 3. The molecule has 1 aliphatic heterocycles. The van der Waals surface area contributed by atoms with Crippen LogP contribution in [-0.4, -0.2) is 66.7 Å². The smallest absolute Gasteiger partial charge is 0.409 e. The van der Waals surface area contributed by atoms with E-state index in [2.05, 4.69) is 4.98 Å². The number of pyridine rings is 1. The average Bonchev–Trinajstić information content (AvgIpc) is 2.54. The van der Waals surface area contributed by atoms with Gasteiger partial charge in [0.05, 0.1) is 13.7 Å². The van der Waals surface area contributed by atoms with Crippen LogP contribution in [0.3, 0.4) is 0 Å². The van der Waals surface area contributed by atoms with Gasteiger partial charge in [0.2, 0.25) is 5.88 Å². The minimum Gasteiger partial charge on any atom is -0.481 e. The van der Waals surface area contributed by atoms with Crippen molar-refractivity contribution in [2.75, 3.05) is 39.9 Å². The van der Waals surface area contributed by atoms with E-state index in [-0.39, 0.29) is 12.0 Å². The Morgan fingerprint density at radius 1 is 1.19 bits per heavy atom. The first-order chi connectivity index (χ1) is 10.2. The first-order valence-electron chi connectivity index (χ1n) is 6.87. The Labute approximate surface area is 123 Å². The molecule has 114 valence electrons. The Kier molecular flexibility index (Phi) is 4.97. The quantitative estimate of drug-likeness (QED) is 0.831. The molecule has 0 spiro atoms. The second-order valence-corrected chi connectivity index (χ2v) is 4.54. The SMILES string of the molecule is CCOC(=O)N1CCN(C(=O)c2cccc(OC)n2)CC1. The maximum absolute atomic E-state index is 12.3. The Morgan fingerprint density at radius 2 is 1.86 bits per heavy atom. The first-order valence-corrected chi connectivity index (χ1v) is 6.87. The lowest BCUT2D eigenvalue weighted by Crippen LogP contribution is -2.50. The lowest BCUT2D eigenvalue weighted by molar-refractivity contribution is 0.0565. The van der Waals surface area contributed by atoms with Crippen molar-refractivity contribution in [2.45, 2.75) is 6.92 Å². The molecule has 1 aliphatic rings. The highest BCUT2D eigenvalue weighted by molar-refractivity contribution is 5.92. The van der Waals surface area contributed by atoms with Gasteiger partial charge in [0, 0.05) is 32.2 Å². The molecule has 0 aliphatic carbocycles. The number of carbonyl (C=O) groups is 2. The van der Waals surface area contributed by atoms with Crippen LogP contribution in [0, 0.1) is 0 Å². The van der Waals surface area contributed by atoms with Gasteiger partial charge in [-0.3, -0.25) is 4.79 Å². The Morgan fingerprint density at radius 3 is 2.48 bits per heavy atom. The summed E-state index contributed by atoms with van der Waals surface area (Å²) >= 11 is 0. The summed E-state index contributed by atoms with van der Waals surface area (Å²) in [5, 5.41) is 0. The van der Waals surface area contributed by atoms with Crippen molar-refractivity contribution in [3.63, 3.8) is 0 Å². The molecular formula is C14H19N3O4. The van der Waals surface area contributed by atoms with Crippen LogP contribution < -0.4 is 4.74 Å². The van der Waals surface area contributed by atoms with Crippen molar-refractivity contribution in [3.8, 4) is 5.88 Å². The Balaban J connectivity index is 1.95. The van der Waals surface area contributed by atoms with Crippen LogP contribution in [0.4, 0.5) is 4.79 Å². The van der Waals surface area contributed by atoms with Crippen LogP contribution in [0.1, 0.15) is 17.4 Å². The van der Waals surface area contributed by atoms with Gasteiger partial charge in [0.25, 0.3) is 5.91 Å². The zero-order valence-electron chi connectivity index (χ0n) is 12.2. The van der Waals surface area contributed by atoms with Crippen LogP contribution >= 0.6 is 0 Å². The van der Waals surface area contributed by atoms with E-state index in [9.17, 15) is 9.59 Å². The van der Waals surface area contributed by atoms with E-state index in [1.807, 2.05) is 0 Å². The van der Waals surface area contributed by atoms with E-state index < -0.39 is 0 Å². The summed E-state index contributed by atoms with van der Waals surface area (Å²) in [6, 6.07) is 5.08. The van der Waals surface area contributed by atoms with Gasteiger partial charge in [-0.1, -0.05) is 6.07 Å². The van der Waals surface area contributed by atoms with Gasteiger partial charge in [0.15, 0.2) is 0 Å². The number of carbonyl (C=O) groups excluding carboxylic acids is 2. The largest absolute Gasteiger partial charge is 0.481 e. The summed E-state index contributed by atoms with van der Waals surface area (Å²) in [5.74, 6) is 0.253. The molecule has 2 rings (SSSR count). The Hall–Kier alpha value is -2.31. The van der Waals surface area contributed by atoms with E-state index in [0.717, 1.165) is 0 Å². The van der Waals surface area contributed by atoms with Crippen LogP contribution in [0.2, 0.25) is 0 Å². The van der Waals surface area contributed by atoms with Gasteiger partial charge >= 0.3 is 6.09 Å². The molecule has 0 atom stereocenters. The topological polar surface area (TPSA) is 72.0 Å². The molecule has 21 heavy (non-hydrogen) atoms. The number of aromatic nitrogens is 1. The lowest BCUT2D eigenvalue weighted by Gasteiger charge is -2.33. The molecule has 0 N–H and O–H groups in total. The minimum absolute atomic E-state index is 0.155. The number of amides is 2. The number of methoxy groups -OCH3 is 1. The number of ether oxygens (including phenoxy) is 2. The van der Waals surface area contributed by atoms with Gasteiger partial charge in [-0.2, -0.15) is 0 Å². The third-order valence-corrected chi connectivity index (χ3v) is 3.24. The van der Waals surface area contributed by atoms with Crippen LogP contribution in [0.5, 0.6) is 5.88 Å². The van der Waals surface area contributed by atoms with Gasteiger partial charge in [-0.15, -0.1) is 0 Å². The summed E-state index contributed by atoms with van der Waals surface area (Å²) < 4.78 is 9.96. The van der Waals surface area contributed by atoms with Crippen molar-refractivity contribution in [2.24, 2.45) is 0 Å². The normalized spacial score (nSPS) is 14.8. The zero-order valence-corrected chi connectivity index (χ0v) is 12.2. The third-order valence-electron chi connectivity index (χ3n) is 3.24. The fourth-order valence-electron chi connectivity index (χ4n) is 2.12. The van der Waals surface area contributed by atoms with E-state index in [4.69, 9.17) is 9.47 Å². The maximum atomic E-state index is 12.3.